The fourth-order valence-corrected chi connectivity index (χ4v) is 4.10. The lowest BCUT2D eigenvalue weighted by Gasteiger charge is -2.10. The molecule has 6 nitrogen and oxygen atoms in total. The Morgan fingerprint density at radius 1 is 1.27 bits per heavy atom. The van der Waals surface area contributed by atoms with Crippen molar-refractivity contribution < 1.29 is 13.9 Å². The van der Waals surface area contributed by atoms with Crippen LogP contribution < -0.4 is 0 Å². The molecule has 3 aromatic rings. The van der Waals surface area contributed by atoms with E-state index >= 15 is 0 Å². The van der Waals surface area contributed by atoms with E-state index in [1.165, 1.54) is 11.8 Å². The number of nitrogens with zero attached hydrogens (tertiary/aromatic N) is 3. The smallest absolute Gasteiger partial charge is 0.319 e. The van der Waals surface area contributed by atoms with E-state index in [2.05, 4.69) is 10.2 Å². The summed E-state index contributed by atoms with van der Waals surface area (Å²) in [5.41, 5.74) is 0.891. The number of hydrogen-bond acceptors (Lipinski definition) is 6. The molecule has 3 heterocycles. The van der Waals surface area contributed by atoms with Gasteiger partial charge in [-0.05, 0) is 43.3 Å². The number of carbonyl (C=O) groups is 1. The summed E-state index contributed by atoms with van der Waals surface area (Å²) in [6.07, 6.45) is 2.22. The van der Waals surface area contributed by atoms with Crippen LogP contribution in [0.2, 0.25) is 5.02 Å². The minimum atomic E-state index is -0.275. The molecule has 0 aliphatic carbocycles. The van der Waals surface area contributed by atoms with E-state index in [4.69, 9.17) is 20.8 Å². The zero-order chi connectivity index (χ0) is 18.1. The lowest BCUT2D eigenvalue weighted by atomic mass is 10.2. The molecular formula is C18H16ClN3O3S. The minimum absolute atomic E-state index is 0.0721. The summed E-state index contributed by atoms with van der Waals surface area (Å²) < 4.78 is 12.7. The van der Waals surface area contributed by atoms with Crippen LogP contribution in [0.15, 0.2) is 52.2 Å². The number of aromatic nitrogens is 3. The average molecular weight is 390 g/mol. The van der Waals surface area contributed by atoms with E-state index in [-0.39, 0.29) is 17.3 Å². The topological polar surface area (TPSA) is 70.2 Å². The second-order valence-electron chi connectivity index (χ2n) is 6.07. The van der Waals surface area contributed by atoms with E-state index < -0.39 is 0 Å². The van der Waals surface area contributed by atoms with Crippen LogP contribution >= 0.6 is 23.4 Å². The molecule has 2 aromatic heterocycles. The summed E-state index contributed by atoms with van der Waals surface area (Å²) in [5.74, 6) is 1.27. The Morgan fingerprint density at radius 3 is 2.73 bits per heavy atom. The number of esters is 1. The number of ether oxygens (including phenoxy) is 1. The Hall–Kier alpha value is -2.25. The van der Waals surface area contributed by atoms with Crippen LogP contribution in [0.1, 0.15) is 19.1 Å². The largest absolute Gasteiger partial charge is 0.467 e. The molecule has 0 N–H and O–H groups in total. The summed E-state index contributed by atoms with van der Waals surface area (Å²) in [4.78, 5) is 12.0. The van der Waals surface area contributed by atoms with Gasteiger partial charge in [0, 0.05) is 17.0 Å². The first-order chi connectivity index (χ1) is 12.6. The molecule has 0 radical (unpaired) electrons. The SMILES string of the molecule is C[C@@H]1C[C@H](Sc2nnc(-c3ccc(Cl)cc3)n2Cc2ccco2)C(=O)O1. The normalized spacial score (nSPS) is 19.7. The van der Waals surface area contributed by atoms with Gasteiger partial charge in [0.25, 0.3) is 0 Å². The van der Waals surface area contributed by atoms with Gasteiger partial charge >= 0.3 is 5.97 Å². The quantitative estimate of drug-likeness (QED) is 0.613. The van der Waals surface area contributed by atoms with Crippen LogP contribution in [-0.4, -0.2) is 32.1 Å². The molecule has 1 aromatic carbocycles. The van der Waals surface area contributed by atoms with Crippen LogP contribution in [0, 0.1) is 0 Å². The number of rotatable bonds is 5. The third-order valence-corrected chi connectivity index (χ3v) is 5.52. The van der Waals surface area contributed by atoms with Crippen LogP contribution in [0.25, 0.3) is 11.4 Å². The van der Waals surface area contributed by atoms with Gasteiger partial charge in [0.15, 0.2) is 11.0 Å². The predicted molar refractivity (Wildman–Crippen MR) is 98.1 cm³/mol. The standard InChI is InChI=1S/C18H16ClN3O3S/c1-11-9-15(17(23)25-11)26-18-21-20-16(12-4-6-13(19)7-5-12)22(18)10-14-3-2-8-24-14/h2-8,11,15H,9-10H2,1H3/t11-,15+/m1/s1. The third-order valence-electron chi connectivity index (χ3n) is 4.09. The molecule has 2 atom stereocenters. The van der Waals surface area contributed by atoms with Crippen LogP contribution in [-0.2, 0) is 16.1 Å². The van der Waals surface area contributed by atoms with Crippen LogP contribution in [0.5, 0.6) is 0 Å². The Morgan fingerprint density at radius 2 is 2.08 bits per heavy atom. The summed E-state index contributed by atoms with van der Waals surface area (Å²) in [6.45, 7) is 2.36. The molecule has 1 saturated heterocycles. The number of cyclic esters (lactones) is 1. The molecule has 0 spiro atoms. The van der Waals surface area contributed by atoms with Crippen molar-refractivity contribution in [2.75, 3.05) is 0 Å². The molecule has 134 valence electrons. The van der Waals surface area contributed by atoms with Crippen LogP contribution in [0.4, 0.5) is 0 Å². The Balaban J connectivity index is 1.69. The fourth-order valence-electron chi connectivity index (χ4n) is 2.83. The van der Waals surface area contributed by atoms with E-state index in [9.17, 15) is 4.79 Å². The lowest BCUT2D eigenvalue weighted by Crippen LogP contribution is -2.12. The summed E-state index contributed by atoms with van der Waals surface area (Å²) in [6, 6.07) is 11.1. The molecule has 1 aliphatic rings. The molecule has 4 rings (SSSR count). The number of furan rings is 1. The monoisotopic (exact) mass is 389 g/mol. The van der Waals surface area contributed by atoms with Gasteiger partial charge < -0.3 is 9.15 Å². The maximum Gasteiger partial charge on any atom is 0.319 e. The van der Waals surface area contributed by atoms with Crippen molar-refractivity contribution in [2.24, 2.45) is 0 Å². The van der Waals surface area contributed by atoms with Gasteiger partial charge in [0.2, 0.25) is 0 Å². The zero-order valence-corrected chi connectivity index (χ0v) is 15.5. The molecule has 1 fully saturated rings. The Labute approximate surface area is 159 Å². The number of halogens is 1. The molecule has 0 amide bonds. The molecule has 0 saturated carbocycles. The lowest BCUT2D eigenvalue weighted by molar-refractivity contribution is -0.140. The highest BCUT2D eigenvalue weighted by atomic mass is 35.5. The molecular weight excluding hydrogens is 374 g/mol. The number of thioether (sulfide) groups is 1. The van der Waals surface area contributed by atoms with Gasteiger partial charge in [-0.2, -0.15) is 0 Å². The first kappa shape index (κ1) is 17.2. The fraction of sp³-hybridized carbons (Fsp3) is 0.278. The van der Waals surface area contributed by atoms with Crippen molar-refractivity contribution in [3.05, 3.63) is 53.4 Å². The molecule has 0 bridgehead atoms. The number of hydrogen-bond donors (Lipinski definition) is 0. The van der Waals surface area contributed by atoms with Crippen molar-refractivity contribution in [1.82, 2.24) is 14.8 Å². The van der Waals surface area contributed by atoms with Gasteiger partial charge in [-0.3, -0.25) is 9.36 Å². The molecule has 8 heteroatoms. The first-order valence-corrected chi connectivity index (χ1v) is 9.44. The summed E-state index contributed by atoms with van der Waals surface area (Å²) in [5, 5.41) is 9.69. The van der Waals surface area contributed by atoms with E-state index in [0.717, 1.165) is 11.3 Å². The maximum absolute atomic E-state index is 12.0. The van der Waals surface area contributed by atoms with Crippen molar-refractivity contribution in [3.63, 3.8) is 0 Å². The predicted octanol–water partition coefficient (Wildman–Crippen LogP) is 4.04. The second-order valence-corrected chi connectivity index (χ2v) is 7.67. The average Bonchev–Trinajstić information content (AvgIpc) is 3.32. The highest BCUT2D eigenvalue weighted by Crippen LogP contribution is 2.33. The Bertz CT molecular complexity index is 908. The highest BCUT2D eigenvalue weighted by Gasteiger charge is 2.34. The Kier molecular flexibility index (Phi) is 4.74. The van der Waals surface area contributed by atoms with Gasteiger partial charge in [0.05, 0.1) is 12.8 Å². The number of carbonyl (C=O) groups excluding carboxylic acids is 1. The maximum atomic E-state index is 12.0. The minimum Gasteiger partial charge on any atom is -0.467 e. The van der Waals surface area contributed by atoms with E-state index in [1.807, 2.05) is 47.9 Å². The number of benzene rings is 1. The van der Waals surface area contributed by atoms with Crippen molar-refractivity contribution in [3.8, 4) is 11.4 Å². The van der Waals surface area contributed by atoms with Gasteiger partial charge in [-0.15, -0.1) is 10.2 Å². The van der Waals surface area contributed by atoms with Gasteiger partial charge in [0.1, 0.15) is 17.1 Å². The third kappa shape index (κ3) is 3.50. The van der Waals surface area contributed by atoms with Crippen LogP contribution in [0.3, 0.4) is 0 Å². The highest BCUT2D eigenvalue weighted by molar-refractivity contribution is 8.00. The van der Waals surface area contributed by atoms with Gasteiger partial charge in [-0.25, -0.2) is 0 Å². The molecule has 0 unspecified atom stereocenters. The molecule has 1 aliphatic heterocycles. The first-order valence-electron chi connectivity index (χ1n) is 8.19. The second kappa shape index (κ2) is 7.17. The van der Waals surface area contributed by atoms with Crippen molar-refractivity contribution in [1.29, 1.82) is 0 Å². The van der Waals surface area contributed by atoms with E-state index in [0.29, 0.717) is 29.0 Å². The zero-order valence-electron chi connectivity index (χ0n) is 14.0. The molecule has 26 heavy (non-hydrogen) atoms. The van der Waals surface area contributed by atoms with E-state index in [1.54, 1.807) is 6.26 Å². The van der Waals surface area contributed by atoms with Crippen molar-refractivity contribution >= 4 is 29.3 Å². The summed E-state index contributed by atoms with van der Waals surface area (Å²) in [7, 11) is 0. The summed E-state index contributed by atoms with van der Waals surface area (Å²) >= 11 is 7.37. The van der Waals surface area contributed by atoms with Gasteiger partial charge in [-0.1, -0.05) is 23.4 Å². The van der Waals surface area contributed by atoms with Crippen molar-refractivity contribution in [2.45, 2.75) is 36.4 Å².